The fourth-order valence-corrected chi connectivity index (χ4v) is 6.58. The number of allylic oxidation sites excluding steroid dienone is 1. The van der Waals surface area contributed by atoms with Gasteiger partial charge < -0.3 is 24.8 Å². The summed E-state index contributed by atoms with van der Waals surface area (Å²) in [7, 11) is 1.58. The van der Waals surface area contributed by atoms with Gasteiger partial charge in [-0.3, -0.25) is 4.79 Å². The average Bonchev–Trinajstić information content (AvgIpc) is 3.51. The molecule has 9 nitrogen and oxygen atoms in total. The number of nitrogens with one attached hydrogen (secondary N) is 1. The highest BCUT2D eigenvalue weighted by Gasteiger charge is 2.28. The fourth-order valence-electron chi connectivity index (χ4n) is 6.58. The molecule has 2 amide bonds. The Kier molecular flexibility index (Phi) is 10.5. The molecule has 2 fully saturated rings. The second-order valence-electron chi connectivity index (χ2n) is 12.4. The van der Waals surface area contributed by atoms with E-state index < -0.39 is 6.09 Å². The molecule has 0 radical (unpaired) electrons. The van der Waals surface area contributed by atoms with Crippen LogP contribution < -0.4 is 10.1 Å². The van der Waals surface area contributed by atoms with Crippen LogP contribution in [0.5, 0.6) is 5.75 Å². The highest BCUT2D eigenvalue weighted by molar-refractivity contribution is 6.01. The summed E-state index contributed by atoms with van der Waals surface area (Å²) in [4.78, 5) is 24.5. The van der Waals surface area contributed by atoms with E-state index in [1.807, 2.05) is 23.0 Å². The lowest BCUT2D eigenvalue weighted by Crippen LogP contribution is -2.34. The van der Waals surface area contributed by atoms with Gasteiger partial charge in [0.25, 0.3) is 0 Å². The Balaban J connectivity index is 1.27. The van der Waals surface area contributed by atoms with Crippen LogP contribution in [-0.4, -0.2) is 65.1 Å². The molecule has 47 heavy (non-hydrogen) atoms. The lowest BCUT2D eigenvalue weighted by Gasteiger charge is -2.31. The number of rotatable bonds is 13. The van der Waals surface area contributed by atoms with E-state index in [2.05, 4.69) is 66.0 Å². The highest BCUT2D eigenvalue weighted by Crippen LogP contribution is 2.45. The number of carboxylic acid groups (broad SMARTS) is 1. The average molecular weight is 637 g/mol. The SMILES string of the molecule is CNC(=O)CCCN(CCOc1ccc(/C(=C(\c2ccccc2)C2CCC2)c2ccc3c(cnn3C3CCCCO3)c2)cc1)C(=O)O. The molecule has 2 aliphatic rings. The number of carbonyl (C=O) groups excluding carboxylic acids is 1. The van der Waals surface area contributed by atoms with Gasteiger partial charge in [0.15, 0.2) is 6.23 Å². The maximum atomic E-state index is 11.7. The maximum Gasteiger partial charge on any atom is 0.407 e. The molecule has 3 aromatic carbocycles. The van der Waals surface area contributed by atoms with Gasteiger partial charge in [-0.1, -0.05) is 55.0 Å². The van der Waals surface area contributed by atoms with Crippen LogP contribution in [0.3, 0.4) is 0 Å². The van der Waals surface area contributed by atoms with E-state index >= 15 is 0 Å². The monoisotopic (exact) mass is 636 g/mol. The van der Waals surface area contributed by atoms with E-state index in [1.54, 1.807) is 7.05 Å². The number of amides is 2. The minimum absolute atomic E-state index is 0.0188. The zero-order chi connectivity index (χ0) is 32.6. The van der Waals surface area contributed by atoms with E-state index in [0.29, 0.717) is 18.1 Å². The van der Waals surface area contributed by atoms with Crippen LogP contribution in [0.2, 0.25) is 0 Å². The van der Waals surface area contributed by atoms with Gasteiger partial charge in [0.1, 0.15) is 12.4 Å². The highest BCUT2D eigenvalue weighted by atomic mass is 16.5. The Labute approximate surface area is 276 Å². The number of nitrogens with zero attached hydrogens (tertiary/aromatic N) is 3. The zero-order valence-corrected chi connectivity index (χ0v) is 27.1. The van der Waals surface area contributed by atoms with Gasteiger partial charge in [0.05, 0.1) is 18.3 Å². The summed E-state index contributed by atoms with van der Waals surface area (Å²) in [6.45, 7) is 1.49. The Morgan fingerprint density at radius 1 is 0.957 bits per heavy atom. The van der Waals surface area contributed by atoms with Crippen molar-refractivity contribution in [1.29, 1.82) is 0 Å². The molecule has 0 spiro atoms. The zero-order valence-electron chi connectivity index (χ0n) is 27.1. The van der Waals surface area contributed by atoms with E-state index in [1.165, 1.54) is 28.0 Å². The van der Waals surface area contributed by atoms with Gasteiger partial charge in [-0.25, -0.2) is 9.48 Å². The van der Waals surface area contributed by atoms with Crippen LogP contribution in [0.25, 0.3) is 22.0 Å². The normalized spacial score (nSPS) is 17.1. The molecule has 1 unspecified atom stereocenters. The molecule has 1 aromatic heterocycles. The third-order valence-electron chi connectivity index (χ3n) is 9.33. The molecule has 2 heterocycles. The summed E-state index contributed by atoms with van der Waals surface area (Å²) in [6.07, 6.45) is 8.44. The van der Waals surface area contributed by atoms with Crippen LogP contribution in [0.15, 0.2) is 79.0 Å². The minimum Gasteiger partial charge on any atom is -0.492 e. The number of aromatic nitrogens is 2. The molecular formula is C38H44N4O5. The standard InChI is InChI=1S/C38H44N4O5/c1-39-34(43)13-8-21-41(38(44)45)22-24-46-32-18-15-29(16-19-32)37(36(28-11-7-12-28)27-9-3-2-4-10-27)30-17-20-33-31(25-30)26-40-42(33)35-14-5-6-23-47-35/h2-4,9-10,15-20,25-26,28,35H,5-8,11-14,21-24H2,1H3,(H,39,43)(H,44,45)/b37-36-. The first-order chi connectivity index (χ1) is 23.0. The van der Waals surface area contributed by atoms with Crippen LogP contribution in [-0.2, 0) is 9.53 Å². The largest absolute Gasteiger partial charge is 0.492 e. The molecule has 4 aromatic rings. The van der Waals surface area contributed by atoms with Crippen molar-refractivity contribution in [1.82, 2.24) is 20.0 Å². The van der Waals surface area contributed by atoms with Crippen molar-refractivity contribution in [3.05, 3.63) is 95.7 Å². The number of ether oxygens (including phenoxy) is 2. The first-order valence-electron chi connectivity index (χ1n) is 16.8. The van der Waals surface area contributed by atoms with Crippen molar-refractivity contribution < 1.29 is 24.2 Å². The molecule has 1 saturated carbocycles. The van der Waals surface area contributed by atoms with Gasteiger partial charge in [-0.2, -0.15) is 5.10 Å². The topological polar surface area (TPSA) is 106 Å². The fraction of sp³-hybridized carbons (Fsp3) is 0.395. The summed E-state index contributed by atoms with van der Waals surface area (Å²) in [5, 5.41) is 18.0. The van der Waals surface area contributed by atoms with E-state index in [-0.39, 0.29) is 38.3 Å². The number of hydrogen-bond acceptors (Lipinski definition) is 5. The summed E-state index contributed by atoms with van der Waals surface area (Å²) < 4.78 is 14.1. The molecule has 246 valence electrons. The van der Waals surface area contributed by atoms with Crippen molar-refractivity contribution in [2.45, 2.75) is 57.6 Å². The van der Waals surface area contributed by atoms with Gasteiger partial charge in [-0.15, -0.1) is 0 Å². The second kappa shape index (κ2) is 15.3. The number of fused-ring (bicyclic) bond motifs is 1. The smallest absolute Gasteiger partial charge is 0.407 e. The van der Waals surface area contributed by atoms with E-state index in [4.69, 9.17) is 14.6 Å². The first-order valence-corrected chi connectivity index (χ1v) is 16.8. The van der Waals surface area contributed by atoms with Crippen molar-refractivity contribution in [2.24, 2.45) is 5.92 Å². The van der Waals surface area contributed by atoms with Gasteiger partial charge in [0, 0.05) is 32.0 Å². The summed E-state index contributed by atoms with van der Waals surface area (Å²) in [6, 6.07) is 25.5. The Hall–Kier alpha value is -4.63. The molecule has 1 saturated heterocycles. The van der Waals surface area contributed by atoms with E-state index in [0.717, 1.165) is 60.7 Å². The Morgan fingerprint density at radius 3 is 2.43 bits per heavy atom. The Bertz CT molecular complexity index is 1690. The number of benzene rings is 3. The molecule has 2 N–H and O–H groups in total. The minimum atomic E-state index is -1.02. The third kappa shape index (κ3) is 7.68. The second-order valence-corrected chi connectivity index (χ2v) is 12.4. The predicted molar refractivity (Wildman–Crippen MR) is 183 cm³/mol. The van der Waals surface area contributed by atoms with E-state index in [9.17, 15) is 14.7 Å². The summed E-state index contributed by atoms with van der Waals surface area (Å²) in [5.41, 5.74) is 7.15. The maximum absolute atomic E-state index is 11.7. The van der Waals surface area contributed by atoms with Gasteiger partial charge >= 0.3 is 6.09 Å². The number of hydrogen-bond donors (Lipinski definition) is 2. The van der Waals surface area contributed by atoms with Gasteiger partial charge in [0.2, 0.25) is 5.91 Å². The lowest BCUT2D eigenvalue weighted by atomic mass is 9.73. The summed E-state index contributed by atoms with van der Waals surface area (Å²) in [5.74, 6) is 1.05. The predicted octanol–water partition coefficient (Wildman–Crippen LogP) is 7.38. The molecule has 6 rings (SSSR count). The first kappa shape index (κ1) is 32.3. The lowest BCUT2D eigenvalue weighted by molar-refractivity contribution is -0.120. The van der Waals surface area contributed by atoms with Crippen molar-refractivity contribution >= 4 is 34.0 Å². The van der Waals surface area contributed by atoms with Crippen LogP contribution in [0, 0.1) is 5.92 Å². The van der Waals surface area contributed by atoms with Crippen molar-refractivity contribution in [2.75, 3.05) is 33.4 Å². The van der Waals surface area contributed by atoms with Crippen molar-refractivity contribution in [3.8, 4) is 5.75 Å². The van der Waals surface area contributed by atoms with Crippen LogP contribution in [0.1, 0.15) is 74.3 Å². The van der Waals surface area contributed by atoms with Crippen LogP contribution in [0.4, 0.5) is 4.79 Å². The third-order valence-corrected chi connectivity index (χ3v) is 9.33. The molecule has 1 aliphatic heterocycles. The quantitative estimate of drug-likeness (QED) is 0.148. The van der Waals surface area contributed by atoms with Crippen LogP contribution >= 0.6 is 0 Å². The molecule has 1 aliphatic carbocycles. The van der Waals surface area contributed by atoms with Gasteiger partial charge in [-0.05, 0) is 96.5 Å². The molecule has 1 atom stereocenters. The van der Waals surface area contributed by atoms with Crippen molar-refractivity contribution in [3.63, 3.8) is 0 Å². The number of carbonyl (C=O) groups is 2. The Morgan fingerprint density at radius 2 is 1.74 bits per heavy atom. The molecular weight excluding hydrogens is 592 g/mol. The molecule has 0 bridgehead atoms. The summed E-state index contributed by atoms with van der Waals surface area (Å²) >= 11 is 0. The molecule has 9 heteroatoms.